The van der Waals surface area contributed by atoms with Crippen molar-refractivity contribution in [1.29, 1.82) is 0 Å². The molecule has 0 aliphatic heterocycles. The van der Waals surface area contributed by atoms with E-state index >= 15 is 0 Å². The largest absolute Gasteiger partial charge is 0.493 e. The first-order valence-electron chi connectivity index (χ1n) is 6.83. The van der Waals surface area contributed by atoms with Crippen LogP contribution >= 0.6 is 0 Å². The molecule has 0 radical (unpaired) electrons. The summed E-state index contributed by atoms with van der Waals surface area (Å²) in [4.78, 5) is 23.4. The van der Waals surface area contributed by atoms with Crippen molar-refractivity contribution in [1.82, 2.24) is 0 Å². The third kappa shape index (κ3) is 3.77. The predicted molar refractivity (Wildman–Crippen MR) is 86.3 cm³/mol. The van der Waals surface area contributed by atoms with Gasteiger partial charge in [-0.2, -0.15) is 0 Å². The topological polar surface area (TPSA) is 72.8 Å². The Bertz CT molecular complexity index is 762. The van der Waals surface area contributed by atoms with Gasteiger partial charge in [-0.3, -0.25) is 4.79 Å². The number of rotatable bonds is 6. The molecule has 2 rings (SSSR count). The van der Waals surface area contributed by atoms with E-state index in [1.807, 2.05) is 0 Å². The minimum atomic E-state index is -1.13. The Kier molecular flexibility index (Phi) is 5.15. The number of carbonyl (C=O) groups is 2. The standard InChI is InChI=1S/C18H16O5/c1-22-16-10-8-12(11-17(16)23-2)7-9-15(19)13-5-3-4-6-14(13)18(20)21/h3-11H,1-2H3,(H,20,21)/b9-7+. The Hall–Kier alpha value is -3.08. The van der Waals surface area contributed by atoms with Crippen molar-refractivity contribution in [3.63, 3.8) is 0 Å². The number of carbonyl (C=O) groups excluding carboxylic acids is 1. The summed E-state index contributed by atoms with van der Waals surface area (Å²) in [6.07, 6.45) is 2.94. The van der Waals surface area contributed by atoms with Crippen LogP contribution in [0.1, 0.15) is 26.3 Å². The SMILES string of the molecule is COc1ccc(/C=C/C(=O)c2ccccc2C(=O)O)cc1OC. The van der Waals surface area contributed by atoms with Crippen LogP contribution < -0.4 is 9.47 Å². The van der Waals surface area contributed by atoms with Crippen molar-refractivity contribution >= 4 is 17.8 Å². The van der Waals surface area contributed by atoms with E-state index in [2.05, 4.69) is 0 Å². The Morgan fingerprint density at radius 2 is 1.61 bits per heavy atom. The van der Waals surface area contributed by atoms with E-state index < -0.39 is 5.97 Å². The van der Waals surface area contributed by atoms with E-state index in [1.165, 1.54) is 25.3 Å². The molecule has 0 bridgehead atoms. The summed E-state index contributed by atoms with van der Waals surface area (Å²) in [7, 11) is 3.07. The fourth-order valence-electron chi connectivity index (χ4n) is 2.10. The van der Waals surface area contributed by atoms with Gasteiger partial charge in [0.05, 0.1) is 19.8 Å². The summed E-state index contributed by atoms with van der Waals surface area (Å²) >= 11 is 0. The van der Waals surface area contributed by atoms with Gasteiger partial charge in [-0.15, -0.1) is 0 Å². The minimum Gasteiger partial charge on any atom is -0.493 e. The van der Waals surface area contributed by atoms with Crippen molar-refractivity contribution in [3.05, 3.63) is 65.2 Å². The number of benzene rings is 2. The molecule has 0 aliphatic rings. The van der Waals surface area contributed by atoms with Gasteiger partial charge in [0.2, 0.25) is 0 Å². The van der Waals surface area contributed by atoms with Gasteiger partial charge in [-0.1, -0.05) is 30.3 Å². The highest BCUT2D eigenvalue weighted by Gasteiger charge is 2.13. The van der Waals surface area contributed by atoms with E-state index in [9.17, 15) is 9.59 Å². The molecular weight excluding hydrogens is 296 g/mol. The van der Waals surface area contributed by atoms with E-state index in [1.54, 1.807) is 43.5 Å². The fourth-order valence-corrected chi connectivity index (χ4v) is 2.10. The van der Waals surface area contributed by atoms with Gasteiger partial charge in [-0.25, -0.2) is 4.79 Å². The first-order valence-corrected chi connectivity index (χ1v) is 6.83. The molecule has 0 amide bonds. The summed E-state index contributed by atoms with van der Waals surface area (Å²) in [5.41, 5.74) is 0.870. The van der Waals surface area contributed by atoms with E-state index in [0.29, 0.717) is 11.5 Å². The number of ketones is 1. The van der Waals surface area contributed by atoms with Crippen molar-refractivity contribution in [3.8, 4) is 11.5 Å². The van der Waals surface area contributed by atoms with Crippen molar-refractivity contribution < 1.29 is 24.2 Å². The average Bonchev–Trinajstić information content (AvgIpc) is 2.59. The molecule has 5 nitrogen and oxygen atoms in total. The second kappa shape index (κ2) is 7.26. The number of hydrogen-bond donors (Lipinski definition) is 1. The smallest absolute Gasteiger partial charge is 0.336 e. The van der Waals surface area contributed by atoms with Crippen LogP contribution in [0, 0.1) is 0 Å². The summed E-state index contributed by atoms with van der Waals surface area (Å²) < 4.78 is 10.3. The lowest BCUT2D eigenvalue weighted by molar-refractivity contribution is 0.0693. The molecule has 0 saturated carbocycles. The van der Waals surface area contributed by atoms with Crippen LogP contribution in [0.4, 0.5) is 0 Å². The molecule has 118 valence electrons. The quantitative estimate of drug-likeness (QED) is 0.654. The summed E-state index contributed by atoms with van der Waals surface area (Å²) in [6.45, 7) is 0. The maximum atomic E-state index is 12.2. The third-order valence-corrected chi connectivity index (χ3v) is 3.26. The number of methoxy groups -OCH3 is 2. The molecule has 23 heavy (non-hydrogen) atoms. The molecule has 0 unspecified atom stereocenters. The number of aromatic carboxylic acids is 1. The summed E-state index contributed by atoms with van der Waals surface area (Å²) in [5, 5.41) is 9.12. The van der Waals surface area contributed by atoms with Gasteiger partial charge in [0, 0.05) is 5.56 Å². The predicted octanol–water partition coefficient (Wildman–Crippen LogP) is 3.30. The zero-order valence-electron chi connectivity index (χ0n) is 12.8. The average molecular weight is 312 g/mol. The maximum Gasteiger partial charge on any atom is 0.336 e. The van der Waals surface area contributed by atoms with Crippen molar-refractivity contribution in [2.24, 2.45) is 0 Å². The van der Waals surface area contributed by atoms with E-state index in [4.69, 9.17) is 14.6 Å². The normalized spacial score (nSPS) is 10.5. The van der Waals surface area contributed by atoms with Crippen LogP contribution in [0.15, 0.2) is 48.5 Å². The molecule has 0 fully saturated rings. The van der Waals surface area contributed by atoms with Gasteiger partial charge in [-0.05, 0) is 29.8 Å². The Balaban J connectivity index is 2.27. The Morgan fingerprint density at radius 1 is 0.957 bits per heavy atom. The van der Waals surface area contributed by atoms with E-state index in [-0.39, 0.29) is 16.9 Å². The number of allylic oxidation sites excluding steroid dienone is 1. The molecular formula is C18H16O5. The highest BCUT2D eigenvalue weighted by Crippen LogP contribution is 2.28. The van der Waals surface area contributed by atoms with Crippen molar-refractivity contribution in [2.75, 3.05) is 14.2 Å². The zero-order chi connectivity index (χ0) is 16.8. The number of carboxylic acid groups (broad SMARTS) is 1. The van der Waals surface area contributed by atoms with Crippen LogP contribution in [0.25, 0.3) is 6.08 Å². The molecule has 0 spiro atoms. The molecule has 2 aromatic rings. The first kappa shape index (κ1) is 16.3. The molecule has 0 saturated heterocycles. The molecule has 0 atom stereocenters. The van der Waals surface area contributed by atoms with Gasteiger partial charge < -0.3 is 14.6 Å². The monoisotopic (exact) mass is 312 g/mol. The lowest BCUT2D eigenvalue weighted by Crippen LogP contribution is -2.06. The molecule has 5 heteroatoms. The van der Waals surface area contributed by atoms with Gasteiger partial charge in [0.1, 0.15) is 0 Å². The van der Waals surface area contributed by atoms with Crippen LogP contribution in [-0.2, 0) is 0 Å². The molecule has 2 aromatic carbocycles. The van der Waals surface area contributed by atoms with E-state index in [0.717, 1.165) is 5.56 Å². The van der Waals surface area contributed by atoms with Crippen LogP contribution in [0.5, 0.6) is 11.5 Å². The number of hydrogen-bond acceptors (Lipinski definition) is 4. The molecule has 0 heterocycles. The summed E-state index contributed by atoms with van der Waals surface area (Å²) in [5.74, 6) is -0.369. The van der Waals surface area contributed by atoms with Crippen LogP contribution in [0.2, 0.25) is 0 Å². The first-order chi connectivity index (χ1) is 11.1. The maximum absolute atomic E-state index is 12.2. The highest BCUT2D eigenvalue weighted by molar-refractivity contribution is 6.12. The van der Waals surface area contributed by atoms with Crippen molar-refractivity contribution in [2.45, 2.75) is 0 Å². The molecule has 0 aromatic heterocycles. The molecule has 1 N–H and O–H groups in total. The second-order valence-corrected chi connectivity index (χ2v) is 4.66. The zero-order valence-corrected chi connectivity index (χ0v) is 12.8. The number of ether oxygens (including phenoxy) is 2. The highest BCUT2D eigenvalue weighted by atomic mass is 16.5. The van der Waals surface area contributed by atoms with Gasteiger partial charge in [0.25, 0.3) is 0 Å². The fraction of sp³-hybridized carbons (Fsp3) is 0.111. The lowest BCUT2D eigenvalue weighted by atomic mass is 10.0. The van der Waals surface area contributed by atoms with Gasteiger partial charge >= 0.3 is 5.97 Å². The Labute approximate surface area is 133 Å². The minimum absolute atomic E-state index is 0.0190. The Morgan fingerprint density at radius 3 is 2.22 bits per heavy atom. The molecule has 0 aliphatic carbocycles. The third-order valence-electron chi connectivity index (χ3n) is 3.26. The number of carboxylic acids is 1. The summed E-state index contributed by atoms with van der Waals surface area (Å²) in [6, 6.07) is 11.3. The van der Waals surface area contributed by atoms with Crippen LogP contribution in [-0.4, -0.2) is 31.1 Å². The van der Waals surface area contributed by atoms with Crippen LogP contribution in [0.3, 0.4) is 0 Å². The van der Waals surface area contributed by atoms with Gasteiger partial charge in [0.15, 0.2) is 17.3 Å². The second-order valence-electron chi connectivity index (χ2n) is 4.66. The lowest BCUT2D eigenvalue weighted by Gasteiger charge is -2.07.